The average Bonchev–Trinajstić information content (AvgIpc) is 3.26. The standard InChI is InChI=1S/C22H24N6OS2/c1-13-9-10-16(11-14(13)2)28-22(25-26-27-28)30-15(3)20(29)24-21-18(12-23)17-7-5-4-6-8-19(17)31-21/h9-11,15H,4-8H2,1-3H3,(H,24,29). The first-order chi connectivity index (χ1) is 15.0. The number of nitrogens with zero attached hydrogens (tertiary/aromatic N) is 5. The lowest BCUT2D eigenvalue weighted by molar-refractivity contribution is -0.115. The van der Waals surface area contributed by atoms with Crippen LogP contribution in [0.25, 0.3) is 5.69 Å². The van der Waals surface area contributed by atoms with Gasteiger partial charge in [-0.05, 0) is 85.7 Å². The number of thioether (sulfide) groups is 1. The molecule has 7 nitrogen and oxygen atoms in total. The van der Waals surface area contributed by atoms with Crippen molar-refractivity contribution in [1.82, 2.24) is 20.2 Å². The molecule has 1 aliphatic carbocycles. The number of carbonyl (C=O) groups is 1. The van der Waals surface area contributed by atoms with Gasteiger partial charge in [-0.3, -0.25) is 4.79 Å². The quantitative estimate of drug-likeness (QED) is 0.449. The minimum Gasteiger partial charge on any atom is -0.316 e. The fraction of sp³-hybridized carbons (Fsp3) is 0.409. The minimum atomic E-state index is -0.426. The number of hydrogen-bond donors (Lipinski definition) is 1. The van der Waals surface area contributed by atoms with E-state index in [9.17, 15) is 10.1 Å². The molecule has 1 N–H and O–H groups in total. The number of tetrazole rings is 1. The summed E-state index contributed by atoms with van der Waals surface area (Å²) in [6, 6.07) is 8.33. The smallest absolute Gasteiger partial charge is 0.238 e. The molecule has 1 aromatic carbocycles. The molecule has 0 aliphatic heterocycles. The van der Waals surface area contributed by atoms with Crippen molar-refractivity contribution in [2.24, 2.45) is 0 Å². The van der Waals surface area contributed by atoms with Crippen LogP contribution in [0.15, 0.2) is 23.4 Å². The molecule has 0 spiro atoms. The third-order valence-electron chi connectivity index (χ3n) is 5.60. The number of anilines is 1. The summed E-state index contributed by atoms with van der Waals surface area (Å²) in [7, 11) is 0. The summed E-state index contributed by atoms with van der Waals surface area (Å²) >= 11 is 2.84. The number of nitrogens with one attached hydrogen (secondary N) is 1. The van der Waals surface area contributed by atoms with Crippen molar-refractivity contribution in [2.75, 3.05) is 5.32 Å². The van der Waals surface area contributed by atoms with Gasteiger partial charge in [0.05, 0.1) is 16.5 Å². The van der Waals surface area contributed by atoms with Crippen molar-refractivity contribution in [3.05, 3.63) is 45.3 Å². The Bertz CT molecular complexity index is 1160. The SMILES string of the molecule is Cc1ccc(-n2nnnc2SC(C)C(=O)Nc2sc3c(c2C#N)CCCCC3)cc1C. The summed E-state index contributed by atoms with van der Waals surface area (Å²) in [5.41, 5.74) is 4.96. The Balaban J connectivity index is 1.50. The molecule has 3 aromatic rings. The van der Waals surface area contributed by atoms with Crippen molar-refractivity contribution < 1.29 is 4.79 Å². The maximum absolute atomic E-state index is 12.9. The second-order valence-electron chi connectivity index (χ2n) is 7.77. The molecule has 0 saturated carbocycles. The van der Waals surface area contributed by atoms with Crippen LogP contribution in [0.1, 0.15) is 53.3 Å². The number of benzene rings is 1. The highest BCUT2D eigenvalue weighted by molar-refractivity contribution is 8.00. The molecule has 4 rings (SSSR count). The van der Waals surface area contributed by atoms with Crippen molar-refractivity contribution >= 4 is 34.0 Å². The van der Waals surface area contributed by atoms with Gasteiger partial charge < -0.3 is 5.32 Å². The first-order valence-corrected chi connectivity index (χ1v) is 12.1. The highest BCUT2D eigenvalue weighted by Gasteiger charge is 2.24. The number of nitriles is 1. The Labute approximate surface area is 189 Å². The van der Waals surface area contributed by atoms with Crippen LogP contribution in [0.5, 0.6) is 0 Å². The van der Waals surface area contributed by atoms with Gasteiger partial charge in [-0.1, -0.05) is 24.2 Å². The monoisotopic (exact) mass is 452 g/mol. The minimum absolute atomic E-state index is 0.160. The molecule has 1 unspecified atom stereocenters. The van der Waals surface area contributed by atoms with E-state index in [1.54, 1.807) is 16.0 Å². The van der Waals surface area contributed by atoms with Gasteiger partial charge in [0, 0.05) is 4.88 Å². The predicted octanol–water partition coefficient (Wildman–Crippen LogP) is 4.60. The van der Waals surface area contributed by atoms with Gasteiger partial charge in [0.15, 0.2) is 0 Å². The molecule has 0 saturated heterocycles. The Morgan fingerprint density at radius 1 is 1.26 bits per heavy atom. The number of aromatic nitrogens is 4. The summed E-state index contributed by atoms with van der Waals surface area (Å²) in [5.74, 6) is -0.160. The second-order valence-corrected chi connectivity index (χ2v) is 10.2. The molecule has 2 heterocycles. The van der Waals surface area contributed by atoms with Crippen molar-refractivity contribution in [3.63, 3.8) is 0 Å². The lowest BCUT2D eigenvalue weighted by atomic mass is 10.1. The third-order valence-corrected chi connectivity index (χ3v) is 7.84. The Morgan fingerprint density at radius 3 is 2.84 bits per heavy atom. The van der Waals surface area contributed by atoms with E-state index >= 15 is 0 Å². The number of hydrogen-bond acceptors (Lipinski definition) is 7. The van der Waals surface area contributed by atoms with E-state index in [0.717, 1.165) is 42.5 Å². The van der Waals surface area contributed by atoms with Crippen LogP contribution in [0.3, 0.4) is 0 Å². The molecule has 2 aromatic heterocycles. The second kappa shape index (κ2) is 9.20. The summed E-state index contributed by atoms with van der Waals surface area (Å²) in [6.07, 6.45) is 5.33. The molecule has 9 heteroatoms. The number of fused-ring (bicyclic) bond motifs is 1. The van der Waals surface area contributed by atoms with Gasteiger partial charge in [0.25, 0.3) is 0 Å². The first kappa shape index (κ1) is 21.5. The number of aryl methyl sites for hydroxylation is 3. The van der Waals surface area contributed by atoms with Crippen LogP contribution in [0, 0.1) is 25.2 Å². The molecule has 1 atom stereocenters. The molecule has 0 bridgehead atoms. The maximum Gasteiger partial charge on any atom is 0.238 e. The number of amides is 1. The van der Waals surface area contributed by atoms with Gasteiger partial charge in [-0.25, -0.2) is 0 Å². The number of thiophene rings is 1. The molecular weight excluding hydrogens is 428 g/mol. The molecule has 0 radical (unpaired) electrons. The zero-order chi connectivity index (χ0) is 22.0. The van der Waals surface area contributed by atoms with Gasteiger partial charge in [0.2, 0.25) is 11.1 Å². The van der Waals surface area contributed by atoms with Crippen LogP contribution in [0.4, 0.5) is 5.00 Å². The van der Waals surface area contributed by atoms with Crippen LogP contribution >= 0.6 is 23.1 Å². The Hall–Kier alpha value is -2.70. The summed E-state index contributed by atoms with van der Waals surface area (Å²) in [5, 5.41) is 25.5. The predicted molar refractivity (Wildman–Crippen MR) is 123 cm³/mol. The lowest BCUT2D eigenvalue weighted by Crippen LogP contribution is -2.23. The largest absolute Gasteiger partial charge is 0.316 e. The highest BCUT2D eigenvalue weighted by Crippen LogP contribution is 2.37. The first-order valence-electron chi connectivity index (χ1n) is 10.4. The number of carbonyl (C=O) groups excluding carboxylic acids is 1. The Morgan fingerprint density at radius 2 is 2.06 bits per heavy atom. The van der Waals surface area contributed by atoms with Gasteiger partial charge >= 0.3 is 0 Å². The van der Waals surface area contributed by atoms with E-state index in [-0.39, 0.29) is 5.91 Å². The fourth-order valence-electron chi connectivity index (χ4n) is 3.65. The highest BCUT2D eigenvalue weighted by atomic mass is 32.2. The van der Waals surface area contributed by atoms with E-state index < -0.39 is 5.25 Å². The van der Waals surface area contributed by atoms with E-state index in [1.165, 1.54) is 28.6 Å². The lowest BCUT2D eigenvalue weighted by Gasteiger charge is -2.12. The summed E-state index contributed by atoms with van der Waals surface area (Å²) in [6.45, 7) is 5.92. The zero-order valence-electron chi connectivity index (χ0n) is 17.8. The number of rotatable bonds is 5. The maximum atomic E-state index is 12.9. The van der Waals surface area contributed by atoms with Gasteiger partial charge in [0.1, 0.15) is 11.1 Å². The fourth-order valence-corrected chi connectivity index (χ4v) is 5.70. The molecule has 160 valence electrons. The van der Waals surface area contributed by atoms with E-state index in [1.807, 2.05) is 32.0 Å². The van der Waals surface area contributed by atoms with Crippen LogP contribution in [-0.4, -0.2) is 31.4 Å². The van der Waals surface area contributed by atoms with Crippen LogP contribution in [-0.2, 0) is 17.6 Å². The van der Waals surface area contributed by atoms with E-state index in [4.69, 9.17) is 0 Å². The molecule has 1 amide bonds. The third kappa shape index (κ3) is 4.50. The van der Waals surface area contributed by atoms with Crippen molar-refractivity contribution in [2.45, 2.75) is 63.3 Å². The normalized spacial score (nSPS) is 14.4. The Kier molecular flexibility index (Phi) is 6.39. The summed E-state index contributed by atoms with van der Waals surface area (Å²) < 4.78 is 1.65. The van der Waals surface area contributed by atoms with Crippen molar-refractivity contribution in [1.29, 1.82) is 5.26 Å². The van der Waals surface area contributed by atoms with E-state index in [2.05, 4.69) is 33.8 Å². The van der Waals surface area contributed by atoms with Crippen LogP contribution in [0.2, 0.25) is 0 Å². The van der Waals surface area contributed by atoms with E-state index in [0.29, 0.717) is 15.7 Å². The molecular formula is C22H24N6OS2. The summed E-state index contributed by atoms with van der Waals surface area (Å²) in [4.78, 5) is 14.2. The zero-order valence-corrected chi connectivity index (χ0v) is 19.4. The van der Waals surface area contributed by atoms with Crippen LogP contribution < -0.4 is 5.32 Å². The average molecular weight is 453 g/mol. The molecule has 0 fully saturated rings. The van der Waals surface area contributed by atoms with Gasteiger partial charge in [-0.15, -0.1) is 16.4 Å². The molecule has 1 aliphatic rings. The van der Waals surface area contributed by atoms with Crippen molar-refractivity contribution in [3.8, 4) is 11.8 Å². The van der Waals surface area contributed by atoms with Gasteiger partial charge in [-0.2, -0.15) is 9.94 Å². The topological polar surface area (TPSA) is 96.5 Å². The molecule has 31 heavy (non-hydrogen) atoms.